The summed E-state index contributed by atoms with van der Waals surface area (Å²) in [5.41, 5.74) is 0.870. The van der Waals surface area contributed by atoms with Crippen LogP contribution in [0.4, 0.5) is 0 Å². The summed E-state index contributed by atoms with van der Waals surface area (Å²) in [5.74, 6) is 0.950. The lowest BCUT2D eigenvalue weighted by Crippen LogP contribution is -2.69. The van der Waals surface area contributed by atoms with Crippen LogP contribution in [0.5, 0.6) is 0 Å². The van der Waals surface area contributed by atoms with E-state index in [0.29, 0.717) is 11.1 Å². The van der Waals surface area contributed by atoms with Crippen LogP contribution in [0.25, 0.3) is 0 Å². The Morgan fingerprint density at radius 1 is 0.933 bits per heavy atom. The van der Waals surface area contributed by atoms with Gasteiger partial charge in [-0.05, 0) is 38.5 Å². The number of hydrogen-bond donors (Lipinski definition) is 2. The molecule has 0 radical (unpaired) electrons. The molecule has 1 aliphatic heterocycles. The largest absolute Gasteiger partial charge is 0.308 e. The van der Waals surface area contributed by atoms with Crippen LogP contribution in [0.3, 0.4) is 0 Å². The fraction of sp³-hybridized carbons (Fsp3) is 1.00. The number of nitrogens with one attached hydrogen (secondary N) is 2. The summed E-state index contributed by atoms with van der Waals surface area (Å²) in [6.07, 6.45) is 9.96. The highest BCUT2D eigenvalue weighted by molar-refractivity contribution is 5.08. The van der Waals surface area contributed by atoms with Gasteiger partial charge in [0, 0.05) is 24.2 Å². The normalized spacial score (nSPS) is 40.6. The van der Waals surface area contributed by atoms with E-state index >= 15 is 0 Å². The second-order valence-electron chi connectivity index (χ2n) is 6.24. The number of rotatable bonds is 1. The van der Waals surface area contributed by atoms with Gasteiger partial charge in [0.15, 0.2) is 0 Å². The highest BCUT2D eigenvalue weighted by Crippen LogP contribution is 2.42. The van der Waals surface area contributed by atoms with Crippen LogP contribution in [-0.4, -0.2) is 24.2 Å². The van der Waals surface area contributed by atoms with E-state index in [1.807, 2.05) is 0 Å². The highest BCUT2D eigenvalue weighted by Gasteiger charge is 2.47. The molecule has 0 amide bonds. The van der Waals surface area contributed by atoms with Gasteiger partial charge in [-0.2, -0.15) is 0 Å². The van der Waals surface area contributed by atoms with Crippen molar-refractivity contribution in [2.24, 2.45) is 5.92 Å². The van der Waals surface area contributed by atoms with Crippen molar-refractivity contribution in [2.75, 3.05) is 13.1 Å². The van der Waals surface area contributed by atoms with Crippen molar-refractivity contribution in [3.63, 3.8) is 0 Å². The van der Waals surface area contributed by atoms with E-state index in [2.05, 4.69) is 17.6 Å². The van der Waals surface area contributed by atoms with Gasteiger partial charge in [-0.1, -0.05) is 19.3 Å². The maximum atomic E-state index is 3.88. The van der Waals surface area contributed by atoms with Crippen molar-refractivity contribution in [2.45, 2.75) is 62.9 Å². The van der Waals surface area contributed by atoms with E-state index in [4.69, 9.17) is 0 Å². The molecule has 1 unspecified atom stereocenters. The zero-order valence-corrected chi connectivity index (χ0v) is 9.94. The molecule has 1 atom stereocenters. The van der Waals surface area contributed by atoms with Crippen LogP contribution in [0.1, 0.15) is 51.9 Å². The van der Waals surface area contributed by atoms with Crippen LogP contribution < -0.4 is 10.6 Å². The van der Waals surface area contributed by atoms with Gasteiger partial charge in [-0.3, -0.25) is 0 Å². The van der Waals surface area contributed by atoms with Crippen LogP contribution in [-0.2, 0) is 0 Å². The minimum absolute atomic E-state index is 0.405. The Bertz CT molecular complexity index is 229. The Labute approximate surface area is 93.2 Å². The summed E-state index contributed by atoms with van der Waals surface area (Å²) in [6, 6.07) is 0. The maximum Gasteiger partial charge on any atom is 0.0307 e. The van der Waals surface area contributed by atoms with Gasteiger partial charge in [0.25, 0.3) is 0 Å². The van der Waals surface area contributed by atoms with Gasteiger partial charge in [0.1, 0.15) is 0 Å². The molecular weight excluding hydrogens is 184 g/mol. The second-order valence-corrected chi connectivity index (χ2v) is 6.24. The monoisotopic (exact) mass is 208 g/mol. The number of hydrogen-bond acceptors (Lipinski definition) is 2. The third kappa shape index (κ3) is 1.83. The lowest BCUT2D eigenvalue weighted by molar-refractivity contribution is 0.125. The van der Waals surface area contributed by atoms with Crippen molar-refractivity contribution < 1.29 is 0 Å². The summed E-state index contributed by atoms with van der Waals surface area (Å²) in [6.45, 7) is 4.81. The smallest absolute Gasteiger partial charge is 0.0307 e. The molecule has 0 aromatic rings. The predicted molar refractivity (Wildman–Crippen MR) is 63.0 cm³/mol. The number of piperazine rings is 1. The van der Waals surface area contributed by atoms with Crippen LogP contribution >= 0.6 is 0 Å². The van der Waals surface area contributed by atoms with Gasteiger partial charge in [-0.25, -0.2) is 0 Å². The minimum Gasteiger partial charge on any atom is -0.308 e. The van der Waals surface area contributed by atoms with Crippen LogP contribution in [0.15, 0.2) is 0 Å². The average molecular weight is 208 g/mol. The molecule has 3 aliphatic rings. The topological polar surface area (TPSA) is 24.1 Å². The molecule has 86 valence electrons. The first kappa shape index (κ1) is 10.1. The molecule has 2 saturated carbocycles. The quantitative estimate of drug-likeness (QED) is 0.689. The summed E-state index contributed by atoms with van der Waals surface area (Å²) in [5, 5.41) is 7.74. The molecule has 3 rings (SSSR count). The molecule has 0 aromatic carbocycles. The Balaban J connectivity index is 1.63. The van der Waals surface area contributed by atoms with E-state index in [1.165, 1.54) is 58.0 Å². The van der Waals surface area contributed by atoms with Gasteiger partial charge in [0.05, 0.1) is 0 Å². The van der Waals surface area contributed by atoms with E-state index in [1.54, 1.807) is 0 Å². The Hall–Kier alpha value is -0.0800. The van der Waals surface area contributed by atoms with E-state index in [9.17, 15) is 0 Å². The average Bonchev–Trinajstić information content (AvgIpc) is 3.09. The molecule has 1 spiro atoms. The van der Waals surface area contributed by atoms with Gasteiger partial charge in [-0.15, -0.1) is 0 Å². The predicted octanol–water partition coefficient (Wildman–Crippen LogP) is 2.05. The molecule has 2 heteroatoms. The highest BCUT2D eigenvalue weighted by atomic mass is 15.2. The van der Waals surface area contributed by atoms with E-state index in [0.717, 1.165) is 5.92 Å². The molecule has 3 fully saturated rings. The maximum absolute atomic E-state index is 3.88. The Morgan fingerprint density at radius 2 is 1.67 bits per heavy atom. The molecule has 1 saturated heterocycles. The summed E-state index contributed by atoms with van der Waals surface area (Å²) in [7, 11) is 0. The lowest BCUT2D eigenvalue weighted by Gasteiger charge is -2.49. The van der Waals surface area contributed by atoms with E-state index in [-0.39, 0.29) is 0 Å². The third-order valence-electron chi connectivity index (χ3n) is 4.95. The van der Waals surface area contributed by atoms with Gasteiger partial charge < -0.3 is 10.6 Å². The van der Waals surface area contributed by atoms with Crippen molar-refractivity contribution in [3.05, 3.63) is 0 Å². The zero-order chi connectivity index (χ0) is 10.4. The molecular formula is C13H24N2. The van der Waals surface area contributed by atoms with E-state index < -0.39 is 0 Å². The standard InChI is InChI=1S/C13H24N2/c1-12(11-5-6-11)9-15-13(10-14-12)7-3-2-4-8-13/h11,14-15H,2-10H2,1H3. The fourth-order valence-corrected chi connectivity index (χ4v) is 3.46. The summed E-state index contributed by atoms with van der Waals surface area (Å²) < 4.78 is 0. The van der Waals surface area contributed by atoms with Crippen molar-refractivity contribution >= 4 is 0 Å². The van der Waals surface area contributed by atoms with Crippen molar-refractivity contribution in [3.8, 4) is 0 Å². The van der Waals surface area contributed by atoms with Gasteiger partial charge >= 0.3 is 0 Å². The van der Waals surface area contributed by atoms with Gasteiger partial charge in [0.2, 0.25) is 0 Å². The fourth-order valence-electron chi connectivity index (χ4n) is 3.46. The minimum atomic E-state index is 0.405. The van der Waals surface area contributed by atoms with Crippen molar-refractivity contribution in [1.82, 2.24) is 10.6 Å². The Kier molecular flexibility index (Phi) is 2.33. The zero-order valence-electron chi connectivity index (χ0n) is 9.94. The molecule has 1 heterocycles. The second kappa shape index (κ2) is 3.46. The third-order valence-corrected chi connectivity index (χ3v) is 4.95. The van der Waals surface area contributed by atoms with Crippen molar-refractivity contribution in [1.29, 1.82) is 0 Å². The van der Waals surface area contributed by atoms with Crippen LogP contribution in [0, 0.1) is 5.92 Å². The molecule has 2 N–H and O–H groups in total. The molecule has 2 aliphatic carbocycles. The van der Waals surface area contributed by atoms with Crippen LogP contribution in [0.2, 0.25) is 0 Å². The molecule has 2 nitrogen and oxygen atoms in total. The summed E-state index contributed by atoms with van der Waals surface area (Å²) >= 11 is 0. The first-order valence-electron chi connectivity index (χ1n) is 6.73. The molecule has 0 aromatic heterocycles. The molecule has 15 heavy (non-hydrogen) atoms. The summed E-state index contributed by atoms with van der Waals surface area (Å²) in [4.78, 5) is 0. The molecule has 0 bridgehead atoms. The SMILES string of the molecule is CC1(C2CC2)CNC2(CCCCC2)CN1. The lowest BCUT2D eigenvalue weighted by atomic mass is 9.77. The first-order chi connectivity index (χ1) is 7.23. The first-order valence-corrected chi connectivity index (χ1v) is 6.73. The Morgan fingerprint density at radius 3 is 2.20 bits per heavy atom.